The Kier molecular flexibility index (Phi) is 1.75. The normalized spacial score (nSPS) is 20.6. The summed E-state index contributed by atoms with van der Waals surface area (Å²) in [6.45, 7) is 4.81. The third-order valence-electron chi connectivity index (χ3n) is 0.781. The van der Waals surface area contributed by atoms with Crippen molar-refractivity contribution in [2.75, 3.05) is 13.1 Å². The molecule has 2 heteroatoms. The van der Waals surface area contributed by atoms with Crippen molar-refractivity contribution in [2.24, 2.45) is 0 Å². The monoisotopic (exact) mass is 96.1 g/mol. The van der Waals surface area contributed by atoms with Gasteiger partial charge in [-0.05, 0) is 12.3 Å². The Balaban J connectivity index is 2.20. The summed E-state index contributed by atoms with van der Waals surface area (Å²) in [6, 6.07) is 0. The van der Waals surface area contributed by atoms with E-state index in [1.807, 2.05) is 12.3 Å². The molecule has 2 nitrogen and oxygen atoms in total. The molecule has 0 aliphatic carbocycles. The Morgan fingerprint density at radius 3 is 3.43 bits per heavy atom. The van der Waals surface area contributed by atoms with Gasteiger partial charge in [0.2, 0.25) is 0 Å². The van der Waals surface area contributed by atoms with Crippen LogP contribution in [-0.2, 0) is 0 Å². The molecular formula is C5H8N2. The van der Waals surface area contributed by atoms with Gasteiger partial charge in [-0.15, -0.1) is 0 Å². The quantitative estimate of drug-likeness (QED) is 0.434. The zero-order valence-electron chi connectivity index (χ0n) is 4.07. The molecule has 0 bridgehead atoms. The summed E-state index contributed by atoms with van der Waals surface area (Å²) in [4.78, 5) is 0. The van der Waals surface area contributed by atoms with Gasteiger partial charge in [-0.1, -0.05) is 0 Å². The van der Waals surface area contributed by atoms with E-state index in [4.69, 9.17) is 0 Å². The summed E-state index contributed by atoms with van der Waals surface area (Å²) < 4.78 is 0. The van der Waals surface area contributed by atoms with Gasteiger partial charge in [0.05, 0.1) is 6.54 Å². The van der Waals surface area contributed by atoms with Crippen molar-refractivity contribution < 1.29 is 0 Å². The molecule has 2 radical (unpaired) electrons. The van der Waals surface area contributed by atoms with Crippen LogP contribution in [0.4, 0.5) is 0 Å². The van der Waals surface area contributed by atoms with Crippen molar-refractivity contribution in [3.63, 3.8) is 0 Å². The Morgan fingerprint density at radius 1 is 1.43 bits per heavy atom. The molecule has 0 atom stereocenters. The highest BCUT2D eigenvalue weighted by molar-refractivity contribution is 4.93. The van der Waals surface area contributed by atoms with Crippen molar-refractivity contribution in [3.05, 3.63) is 18.8 Å². The second-order valence-electron chi connectivity index (χ2n) is 1.36. The second kappa shape index (κ2) is 2.64. The van der Waals surface area contributed by atoms with Crippen molar-refractivity contribution in [1.82, 2.24) is 10.6 Å². The fourth-order valence-electron chi connectivity index (χ4n) is 0.450. The standard InChI is InChI=1S/C5H8N2/c1-2-6-4-5-7-3-1/h1-2,6-7H,4-5H2. The Hall–Kier alpha value is -0.500. The molecule has 0 amide bonds. The highest BCUT2D eigenvalue weighted by atomic mass is 14.9. The van der Waals surface area contributed by atoms with Gasteiger partial charge in [-0.25, -0.2) is 0 Å². The van der Waals surface area contributed by atoms with E-state index < -0.39 is 0 Å². The fourth-order valence-corrected chi connectivity index (χ4v) is 0.450. The van der Waals surface area contributed by atoms with E-state index in [0.29, 0.717) is 0 Å². The zero-order valence-corrected chi connectivity index (χ0v) is 4.07. The summed E-state index contributed by atoms with van der Waals surface area (Å²) >= 11 is 0. The van der Waals surface area contributed by atoms with Gasteiger partial charge < -0.3 is 10.6 Å². The van der Waals surface area contributed by atoms with E-state index in [2.05, 4.69) is 17.2 Å². The van der Waals surface area contributed by atoms with E-state index in [1.54, 1.807) is 0 Å². The molecule has 1 aliphatic rings. The molecule has 0 aromatic carbocycles. The van der Waals surface area contributed by atoms with Gasteiger partial charge in [0, 0.05) is 13.1 Å². The molecule has 1 heterocycles. The average Bonchev–Trinajstić information content (AvgIpc) is 1.90. The molecule has 0 saturated carbocycles. The van der Waals surface area contributed by atoms with E-state index >= 15 is 0 Å². The highest BCUT2D eigenvalue weighted by Gasteiger charge is 1.85. The van der Waals surface area contributed by atoms with Crippen molar-refractivity contribution >= 4 is 0 Å². The largest absolute Gasteiger partial charge is 0.390 e. The van der Waals surface area contributed by atoms with Crippen LogP contribution in [0.25, 0.3) is 0 Å². The molecule has 0 saturated heterocycles. The summed E-state index contributed by atoms with van der Waals surface area (Å²) in [5.41, 5.74) is 0. The van der Waals surface area contributed by atoms with Crippen LogP contribution in [-0.4, -0.2) is 13.1 Å². The average molecular weight is 96.1 g/mol. The minimum absolute atomic E-state index is 0.965. The van der Waals surface area contributed by atoms with Crippen LogP contribution < -0.4 is 10.6 Å². The highest BCUT2D eigenvalue weighted by Crippen LogP contribution is 1.76. The summed E-state index contributed by atoms with van der Waals surface area (Å²) in [5.74, 6) is 0. The van der Waals surface area contributed by atoms with Gasteiger partial charge >= 0.3 is 0 Å². The van der Waals surface area contributed by atoms with Crippen LogP contribution in [0.2, 0.25) is 0 Å². The molecule has 0 spiro atoms. The maximum Gasteiger partial charge on any atom is 0.0870 e. The van der Waals surface area contributed by atoms with Crippen molar-refractivity contribution in [2.45, 2.75) is 0 Å². The van der Waals surface area contributed by atoms with Gasteiger partial charge in [0.15, 0.2) is 0 Å². The Morgan fingerprint density at radius 2 is 2.43 bits per heavy atom. The van der Waals surface area contributed by atoms with Crippen LogP contribution in [0, 0.1) is 6.54 Å². The smallest absolute Gasteiger partial charge is 0.0870 e. The summed E-state index contributed by atoms with van der Waals surface area (Å²) in [5, 5.41) is 5.99. The van der Waals surface area contributed by atoms with Crippen LogP contribution in [0.1, 0.15) is 0 Å². The lowest BCUT2D eigenvalue weighted by molar-refractivity contribution is 0.768. The topological polar surface area (TPSA) is 24.1 Å². The van der Waals surface area contributed by atoms with Gasteiger partial charge in [0.1, 0.15) is 0 Å². The maximum atomic E-state index is 3.04. The molecule has 2 N–H and O–H groups in total. The van der Waals surface area contributed by atoms with E-state index in [-0.39, 0.29) is 0 Å². The van der Waals surface area contributed by atoms with E-state index in [1.165, 1.54) is 0 Å². The first-order chi connectivity index (χ1) is 3.50. The van der Waals surface area contributed by atoms with Gasteiger partial charge in [-0.2, -0.15) is 0 Å². The van der Waals surface area contributed by atoms with Gasteiger partial charge in [0.25, 0.3) is 0 Å². The minimum atomic E-state index is 0.965. The summed E-state index contributed by atoms with van der Waals surface area (Å²) in [6.07, 6.45) is 3.70. The molecule has 0 aromatic heterocycles. The first-order valence-corrected chi connectivity index (χ1v) is 2.37. The van der Waals surface area contributed by atoms with E-state index in [9.17, 15) is 0 Å². The van der Waals surface area contributed by atoms with Crippen LogP contribution in [0.5, 0.6) is 0 Å². The summed E-state index contributed by atoms with van der Waals surface area (Å²) in [7, 11) is 0. The molecule has 0 aromatic rings. The molecule has 0 unspecified atom stereocenters. The number of hydrogen-bond donors (Lipinski definition) is 2. The molecular weight excluding hydrogens is 88.1 g/mol. The SMILES string of the molecule is [C]1C=CNCCN1. The maximum absolute atomic E-state index is 3.04. The fraction of sp³-hybridized carbons (Fsp3) is 0.400. The lowest BCUT2D eigenvalue weighted by atomic mass is 10.6. The predicted molar refractivity (Wildman–Crippen MR) is 28.4 cm³/mol. The van der Waals surface area contributed by atoms with E-state index in [0.717, 1.165) is 13.1 Å². The molecule has 7 heavy (non-hydrogen) atoms. The first-order valence-electron chi connectivity index (χ1n) is 2.37. The Bertz CT molecular complexity index is 60.5. The zero-order chi connectivity index (χ0) is 4.95. The number of nitrogens with one attached hydrogen (secondary N) is 2. The number of hydrogen-bond acceptors (Lipinski definition) is 2. The number of rotatable bonds is 0. The second-order valence-corrected chi connectivity index (χ2v) is 1.36. The van der Waals surface area contributed by atoms with Crippen LogP contribution >= 0.6 is 0 Å². The Labute approximate surface area is 43.6 Å². The van der Waals surface area contributed by atoms with Gasteiger partial charge in [-0.3, -0.25) is 0 Å². The first kappa shape index (κ1) is 4.65. The lowest BCUT2D eigenvalue weighted by Crippen LogP contribution is -2.18. The molecule has 0 fully saturated rings. The molecule has 1 rings (SSSR count). The molecule has 1 aliphatic heterocycles. The van der Waals surface area contributed by atoms with Crippen molar-refractivity contribution in [3.8, 4) is 0 Å². The van der Waals surface area contributed by atoms with Crippen molar-refractivity contribution in [1.29, 1.82) is 0 Å². The third kappa shape index (κ3) is 1.59. The lowest BCUT2D eigenvalue weighted by Gasteiger charge is -1.92. The third-order valence-corrected chi connectivity index (χ3v) is 0.781. The van der Waals surface area contributed by atoms with Crippen LogP contribution in [0.3, 0.4) is 0 Å². The van der Waals surface area contributed by atoms with Crippen LogP contribution in [0.15, 0.2) is 12.3 Å². The minimum Gasteiger partial charge on any atom is -0.390 e. The predicted octanol–water partition coefficient (Wildman–Crippen LogP) is -0.268. The molecule has 38 valence electrons.